The number of carbonyl (C=O) groups is 1. The topological polar surface area (TPSA) is 47.6 Å². The van der Waals surface area contributed by atoms with Gasteiger partial charge in [0.15, 0.2) is 0 Å². The Bertz CT molecular complexity index is 842. The van der Waals surface area contributed by atoms with Gasteiger partial charge in [0.05, 0.1) is 29.8 Å². The normalized spacial score (nSPS) is 10.6. The smallest absolute Gasteiger partial charge is 0.265 e. The first-order valence-electron chi connectivity index (χ1n) is 6.84. The third-order valence-corrected chi connectivity index (χ3v) is 4.78. The molecule has 0 unspecified atom stereocenters. The van der Waals surface area contributed by atoms with Crippen LogP contribution in [0.2, 0.25) is 5.02 Å². The summed E-state index contributed by atoms with van der Waals surface area (Å²) in [4.78, 5) is 13.1. The van der Waals surface area contributed by atoms with E-state index in [0.717, 1.165) is 10.1 Å². The number of methoxy groups -OCH3 is 2. The summed E-state index contributed by atoms with van der Waals surface area (Å²) in [5, 5.41) is 4.31. The molecule has 0 saturated carbocycles. The maximum Gasteiger partial charge on any atom is 0.265 e. The molecule has 0 spiro atoms. The number of carbonyl (C=O) groups excluding carboxylic acids is 1. The fourth-order valence-electron chi connectivity index (χ4n) is 2.24. The number of nitrogens with one attached hydrogen (secondary N) is 1. The number of ether oxygens (including phenoxy) is 2. The lowest BCUT2D eigenvalue weighted by atomic mass is 10.2. The Labute approximate surface area is 142 Å². The number of benzene rings is 2. The average Bonchev–Trinajstić information content (AvgIpc) is 3.00. The van der Waals surface area contributed by atoms with Crippen molar-refractivity contribution in [1.82, 2.24) is 0 Å². The van der Waals surface area contributed by atoms with Gasteiger partial charge in [-0.15, -0.1) is 11.3 Å². The van der Waals surface area contributed by atoms with Gasteiger partial charge >= 0.3 is 0 Å². The lowest BCUT2D eigenvalue weighted by molar-refractivity contribution is 0.103. The fraction of sp³-hybridized carbons (Fsp3) is 0.118. The molecule has 0 saturated heterocycles. The van der Waals surface area contributed by atoms with Crippen molar-refractivity contribution in [3.63, 3.8) is 0 Å². The van der Waals surface area contributed by atoms with Crippen LogP contribution in [-0.4, -0.2) is 20.1 Å². The highest BCUT2D eigenvalue weighted by molar-refractivity contribution is 7.20. The van der Waals surface area contributed by atoms with E-state index in [1.807, 2.05) is 30.3 Å². The molecule has 1 heterocycles. The van der Waals surface area contributed by atoms with Crippen molar-refractivity contribution in [1.29, 1.82) is 0 Å². The van der Waals surface area contributed by atoms with Crippen LogP contribution in [0.3, 0.4) is 0 Å². The molecular weight excluding hydrogens is 334 g/mol. The number of hydrogen-bond donors (Lipinski definition) is 1. The van der Waals surface area contributed by atoms with Crippen LogP contribution in [0.4, 0.5) is 5.69 Å². The highest BCUT2D eigenvalue weighted by Gasteiger charge is 2.15. The van der Waals surface area contributed by atoms with Crippen LogP contribution < -0.4 is 14.8 Å². The van der Waals surface area contributed by atoms with E-state index in [-0.39, 0.29) is 5.91 Å². The molecule has 0 fully saturated rings. The first-order valence-corrected chi connectivity index (χ1v) is 8.03. The van der Waals surface area contributed by atoms with Gasteiger partial charge < -0.3 is 14.8 Å². The van der Waals surface area contributed by atoms with Gasteiger partial charge in [-0.1, -0.05) is 29.8 Å². The van der Waals surface area contributed by atoms with E-state index < -0.39 is 0 Å². The van der Waals surface area contributed by atoms with Gasteiger partial charge in [0, 0.05) is 16.8 Å². The van der Waals surface area contributed by atoms with Gasteiger partial charge in [-0.2, -0.15) is 0 Å². The number of anilines is 1. The molecule has 4 nitrogen and oxygen atoms in total. The molecule has 1 amide bonds. The molecule has 0 aliphatic heterocycles. The van der Waals surface area contributed by atoms with E-state index in [4.69, 9.17) is 21.1 Å². The van der Waals surface area contributed by atoms with E-state index in [9.17, 15) is 4.79 Å². The predicted molar refractivity (Wildman–Crippen MR) is 94.3 cm³/mol. The standard InChI is InChI=1S/C17H14ClNO3S/c1-21-13-9-12(14(22-2)8-11(13)18)19-17(20)16-7-10-5-3-4-6-15(10)23-16/h3-9H,1-2H3,(H,19,20). The lowest BCUT2D eigenvalue weighted by Gasteiger charge is -2.12. The molecule has 23 heavy (non-hydrogen) atoms. The molecule has 2 aromatic carbocycles. The molecule has 1 aromatic heterocycles. The van der Waals surface area contributed by atoms with Crippen molar-refractivity contribution in [2.75, 3.05) is 19.5 Å². The molecule has 3 aromatic rings. The van der Waals surface area contributed by atoms with Crippen LogP contribution >= 0.6 is 22.9 Å². The zero-order chi connectivity index (χ0) is 16.4. The number of halogens is 1. The first-order chi connectivity index (χ1) is 11.1. The van der Waals surface area contributed by atoms with Gasteiger partial charge in [-0.3, -0.25) is 4.79 Å². The van der Waals surface area contributed by atoms with Crippen LogP contribution in [0.15, 0.2) is 42.5 Å². The van der Waals surface area contributed by atoms with Crippen LogP contribution in [0.5, 0.6) is 11.5 Å². The summed E-state index contributed by atoms with van der Waals surface area (Å²) < 4.78 is 11.5. The molecule has 0 radical (unpaired) electrons. The van der Waals surface area contributed by atoms with Crippen molar-refractivity contribution in [3.8, 4) is 11.5 Å². The van der Waals surface area contributed by atoms with Crippen molar-refractivity contribution < 1.29 is 14.3 Å². The number of fused-ring (bicyclic) bond motifs is 1. The van der Waals surface area contributed by atoms with E-state index in [1.165, 1.54) is 25.6 Å². The molecule has 6 heteroatoms. The van der Waals surface area contributed by atoms with Gasteiger partial charge in [0.2, 0.25) is 0 Å². The maximum atomic E-state index is 12.5. The highest BCUT2D eigenvalue weighted by Crippen LogP contribution is 2.36. The summed E-state index contributed by atoms with van der Waals surface area (Å²) in [6, 6.07) is 13.0. The zero-order valence-corrected chi connectivity index (χ0v) is 14.1. The average molecular weight is 348 g/mol. The number of hydrogen-bond acceptors (Lipinski definition) is 4. The van der Waals surface area contributed by atoms with Gasteiger partial charge in [0.1, 0.15) is 11.5 Å². The number of amides is 1. The second-order valence-electron chi connectivity index (χ2n) is 4.79. The zero-order valence-electron chi connectivity index (χ0n) is 12.6. The van der Waals surface area contributed by atoms with Crippen LogP contribution in [0.25, 0.3) is 10.1 Å². The van der Waals surface area contributed by atoms with E-state index in [1.54, 1.807) is 12.1 Å². The summed E-state index contributed by atoms with van der Waals surface area (Å²) in [5.41, 5.74) is 0.510. The van der Waals surface area contributed by atoms with Crippen molar-refractivity contribution in [2.24, 2.45) is 0 Å². The molecule has 3 rings (SSSR count). The summed E-state index contributed by atoms with van der Waals surface area (Å²) >= 11 is 7.51. The Morgan fingerprint density at radius 2 is 1.83 bits per heavy atom. The van der Waals surface area contributed by atoms with Crippen molar-refractivity contribution in [3.05, 3.63) is 52.4 Å². The first kappa shape index (κ1) is 15.6. The third-order valence-electron chi connectivity index (χ3n) is 3.37. The molecule has 0 bridgehead atoms. The van der Waals surface area contributed by atoms with Gasteiger partial charge in [-0.25, -0.2) is 0 Å². The summed E-state index contributed by atoms with van der Waals surface area (Å²) in [5.74, 6) is 0.748. The fourth-order valence-corrected chi connectivity index (χ4v) is 3.42. The molecule has 0 aliphatic rings. The minimum atomic E-state index is -0.200. The molecule has 0 atom stereocenters. The minimum Gasteiger partial charge on any atom is -0.495 e. The van der Waals surface area contributed by atoms with E-state index in [2.05, 4.69) is 5.32 Å². The largest absolute Gasteiger partial charge is 0.495 e. The van der Waals surface area contributed by atoms with E-state index in [0.29, 0.717) is 27.1 Å². The van der Waals surface area contributed by atoms with Crippen LogP contribution in [0.1, 0.15) is 9.67 Å². The Morgan fingerprint density at radius 3 is 2.52 bits per heavy atom. The summed E-state index contributed by atoms with van der Waals surface area (Å²) in [6.45, 7) is 0. The molecule has 1 N–H and O–H groups in total. The quantitative estimate of drug-likeness (QED) is 0.735. The second kappa shape index (κ2) is 6.48. The summed E-state index contributed by atoms with van der Waals surface area (Å²) in [6.07, 6.45) is 0. The molecule has 118 valence electrons. The SMILES string of the molecule is COc1cc(NC(=O)c2cc3ccccc3s2)c(OC)cc1Cl. The second-order valence-corrected chi connectivity index (χ2v) is 6.28. The number of thiophene rings is 1. The Kier molecular flexibility index (Phi) is 4.41. The third kappa shape index (κ3) is 3.11. The Balaban J connectivity index is 1.92. The maximum absolute atomic E-state index is 12.5. The highest BCUT2D eigenvalue weighted by atomic mass is 35.5. The van der Waals surface area contributed by atoms with E-state index >= 15 is 0 Å². The Hall–Kier alpha value is -2.24. The minimum absolute atomic E-state index is 0.200. The molecular formula is C17H14ClNO3S. The number of rotatable bonds is 4. The Morgan fingerprint density at radius 1 is 1.09 bits per heavy atom. The predicted octanol–water partition coefficient (Wildman–Crippen LogP) is 4.82. The van der Waals surface area contributed by atoms with Gasteiger partial charge in [0.25, 0.3) is 5.91 Å². The van der Waals surface area contributed by atoms with Crippen LogP contribution in [-0.2, 0) is 0 Å². The van der Waals surface area contributed by atoms with Gasteiger partial charge in [-0.05, 0) is 17.5 Å². The summed E-state index contributed by atoms with van der Waals surface area (Å²) in [7, 11) is 3.04. The van der Waals surface area contributed by atoms with Crippen LogP contribution in [0, 0.1) is 0 Å². The van der Waals surface area contributed by atoms with Crippen molar-refractivity contribution in [2.45, 2.75) is 0 Å². The lowest BCUT2D eigenvalue weighted by Crippen LogP contribution is -2.11. The molecule has 0 aliphatic carbocycles. The van der Waals surface area contributed by atoms with Crippen molar-refractivity contribution >= 4 is 44.6 Å². The monoisotopic (exact) mass is 347 g/mol.